The van der Waals surface area contributed by atoms with Crippen LogP contribution in [0.5, 0.6) is 0 Å². The minimum absolute atomic E-state index is 0.0659. The van der Waals surface area contributed by atoms with Gasteiger partial charge in [-0.05, 0) is 43.9 Å². The highest BCUT2D eigenvalue weighted by atomic mass is 19.3. The molecule has 0 radical (unpaired) electrons. The third-order valence-electron chi connectivity index (χ3n) is 5.58. The van der Waals surface area contributed by atoms with E-state index in [2.05, 4.69) is 25.2 Å². The van der Waals surface area contributed by atoms with Gasteiger partial charge in [-0.3, -0.25) is 4.90 Å². The summed E-state index contributed by atoms with van der Waals surface area (Å²) in [5, 5.41) is 4.21. The molecule has 1 aromatic carbocycles. The maximum Gasteiger partial charge on any atom is 0.263 e. The van der Waals surface area contributed by atoms with Crippen molar-refractivity contribution >= 4 is 22.8 Å². The summed E-state index contributed by atoms with van der Waals surface area (Å²) in [6, 6.07) is 8.82. The Kier molecular flexibility index (Phi) is 5.76. The molecule has 0 amide bonds. The van der Waals surface area contributed by atoms with Gasteiger partial charge in [0.2, 0.25) is 5.95 Å². The summed E-state index contributed by atoms with van der Waals surface area (Å²) in [6.45, 7) is 6.51. The third kappa shape index (κ3) is 4.48. The molecule has 0 aliphatic carbocycles. The van der Waals surface area contributed by atoms with Crippen LogP contribution in [-0.2, 0) is 6.54 Å². The topological polar surface area (TPSA) is 80.0 Å². The van der Waals surface area contributed by atoms with Crippen molar-refractivity contribution < 1.29 is 8.78 Å². The number of benzene rings is 1. The van der Waals surface area contributed by atoms with Gasteiger partial charge in [0.25, 0.3) is 6.43 Å². The van der Waals surface area contributed by atoms with Gasteiger partial charge in [0.1, 0.15) is 5.82 Å². The Morgan fingerprint density at radius 2 is 1.80 bits per heavy atom. The number of fused-ring (bicyclic) bond motifs is 1. The minimum atomic E-state index is -2.42. The molecule has 6 nitrogen and oxygen atoms in total. The van der Waals surface area contributed by atoms with Gasteiger partial charge in [0.15, 0.2) is 5.65 Å². The van der Waals surface area contributed by atoms with Crippen molar-refractivity contribution in [3.63, 3.8) is 0 Å². The van der Waals surface area contributed by atoms with E-state index in [0.717, 1.165) is 54.7 Å². The molecule has 0 spiro atoms. The van der Waals surface area contributed by atoms with Crippen molar-refractivity contribution in [1.29, 1.82) is 0 Å². The van der Waals surface area contributed by atoms with Crippen LogP contribution in [0, 0.1) is 13.8 Å². The molecule has 1 aliphatic rings. The van der Waals surface area contributed by atoms with Gasteiger partial charge in [0.05, 0.1) is 5.39 Å². The fraction of sp³-hybridized carbons (Fsp3) is 0.409. The van der Waals surface area contributed by atoms with E-state index in [1.807, 2.05) is 19.9 Å². The number of alkyl halides is 2. The molecule has 0 atom stereocenters. The van der Waals surface area contributed by atoms with E-state index in [1.165, 1.54) is 12.1 Å². The maximum atomic E-state index is 12.7. The molecule has 3 N–H and O–H groups in total. The van der Waals surface area contributed by atoms with E-state index in [9.17, 15) is 8.78 Å². The SMILES string of the molecule is Cc1cc(C)c2c(N)nc(NC3CCN(Cc4ccc(C(F)F)cc4)CC3)nc2n1. The zero-order chi connectivity index (χ0) is 21.3. The number of piperidine rings is 1. The first-order valence-corrected chi connectivity index (χ1v) is 10.2. The van der Waals surface area contributed by atoms with Crippen molar-refractivity contribution in [1.82, 2.24) is 19.9 Å². The average Bonchev–Trinajstić information content (AvgIpc) is 2.69. The van der Waals surface area contributed by atoms with Crippen LogP contribution >= 0.6 is 0 Å². The summed E-state index contributed by atoms with van der Waals surface area (Å²) in [5.41, 5.74) is 9.82. The quantitative estimate of drug-likeness (QED) is 0.653. The average molecular weight is 412 g/mol. The van der Waals surface area contributed by atoms with Crippen molar-refractivity contribution in [2.24, 2.45) is 0 Å². The summed E-state index contributed by atoms with van der Waals surface area (Å²) in [7, 11) is 0. The lowest BCUT2D eigenvalue weighted by Gasteiger charge is -2.32. The molecule has 3 aromatic rings. The second kappa shape index (κ2) is 8.47. The first-order chi connectivity index (χ1) is 14.4. The molecule has 3 heterocycles. The van der Waals surface area contributed by atoms with Crippen LogP contribution in [-0.4, -0.2) is 39.0 Å². The van der Waals surface area contributed by atoms with Crippen molar-refractivity contribution in [3.05, 3.63) is 52.7 Å². The molecule has 1 saturated heterocycles. The summed E-state index contributed by atoms with van der Waals surface area (Å²) >= 11 is 0. The van der Waals surface area contributed by atoms with Crippen LogP contribution in [0.2, 0.25) is 0 Å². The number of aromatic nitrogens is 3. The van der Waals surface area contributed by atoms with E-state index in [-0.39, 0.29) is 11.6 Å². The molecule has 8 heteroatoms. The van der Waals surface area contributed by atoms with Gasteiger partial charge in [-0.15, -0.1) is 0 Å². The van der Waals surface area contributed by atoms with E-state index in [4.69, 9.17) is 5.73 Å². The Bertz CT molecular complexity index is 1030. The van der Waals surface area contributed by atoms with Gasteiger partial charge in [-0.25, -0.2) is 13.8 Å². The van der Waals surface area contributed by atoms with Gasteiger partial charge in [0, 0.05) is 36.9 Å². The lowest BCUT2D eigenvalue weighted by molar-refractivity contribution is 0.151. The molecule has 158 valence electrons. The summed E-state index contributed by atoms with van der Waals surface area (Å²) in [5.74, 6) is 0.954. The summed E-state index contributed by atoms with van der Waals surface area (Å²) < 4.78 is 25.4. The van der Waals surface area contributed by atoms with Crippen LogP contribution in [0.4, 0.5) is 20.5 Å². The summed E-state index contributed by atoms with van der Waals surface area (Å²) in [4.78, 5) is 15.8. The molecule has 2 aromatic heterocycles. The molecule has 0 unspecified atom stereocenters. The number of halogens is 2. The number of aryl methyl sites for hydroxylation is 2. The monoisotopic (exact) mass is 412 g/mol. The standard InChI is InChI=1S/C22H26F2N6/c1-13-11-14(2)26-21-18(13)20(25)28-22(29-21)27-17-7-9-30(10-8-17)12-15-3-5-16(6-4-15)19(23)24/h3-6,11,17,19H,7-10,12H2,1-2H3,(H3,25,26,27,28,29). The number of hydrogen-bond acceptors (Lipinski definition) is 6. The van der Waals surface area contributed by atoms with Crippen LogP contribution in [0.3, 0.4) is 0 Å². The Hall–Kier alpha value is -2.87. The van der Waals surface area contributed by atoms with E-state index >= 15 is 0 Å². The number of pyridine rings is 1. The number of nitrogens with one attached hydrogen (secondary N) is 1. The van der Waals surface area contributed by atoms with Crippen molar-refractivity contribution in [2.45, 2.75) is 45.7 Å². The fourth-order valence-electron chi connectivity index (χ4n) is 4.02. The second-order valence-corrected chi connectivity index (χ2v) is 7.95. The molecular weight excluding hydrogens is 386 g/mol. The smallest absolute Gasteiger partial charge is 0.263 e. The third-order valence-corrected chi connectivity index (χ3v) is 5.58. The molecule has 30 heavy (non-hydrogen) atoms. The Balaban J connectivity index is 1.37. The Morgan fingerprint density at radius 3 is 2.47 bits per heavy atom. The Labute approximate surface area is 174 Å². The number of nitrogen functional groups attached to an aromatic ring is 1. The molecular formula is C22H26F2N6. The lowest BCUT2D eigenvalue weighted by atomic mass is 10.0. The van der Waals surface area contributed by atoms with Gasteiger partial charge >= 0.3 is 0 Å². The molecule has 4 rings (SSSR count). The van der Waals surface area contributed by atoms with Gasteiger partial charge < -0.3 is 11.1 Å². The fourth-order valence-corrected chi connectivity index (χ4v) is 4.02. The normalized spacial score (nSPS) is 15.8. The van der Waals surface area contributed by atoms with E-state index in [1.54, 1.807) is 12.1 Å². The highest BCUT2D eigenvalue weighted by Gasteiger charge is 2.21. The Morgan fingerprint density at radius 1 is 1.10 bits per heavy atom. The van der Waals surface area contributed by atoms with Crippen LogP contribution < -0.4 is 11.1 Å². The maximum absolute atomic E-state index is 12.7. The number of anilines is 2. The highest BCUT2D eigenvalue weighted by Crippen LogP contribution is 2.24. The predicted octanol–water partition coefficient (Wildman–Crippen LogP) is 4.24. The van der Waals surface area contributed by atoms with Crippen LogP contribution in [0.15, 0.2) is 30.3 Å². The van der Waals surface area contributed by atoms with E-state index in [0.29, 0.717) is 17.4 Å². The molecule has 1 aliphatic heterocycles. The molecule has 1 fully saturated rings. The number of nitrogens with zero attached hydrogens (tertiary/aromatic N) is 4. The number of rotatable bonds is 5. The largest absolute Gasteiger partial charge is 0.383 e. The van der Waals surface area contributed by atoms with Crippen LogP contribution in [0.25, 0.3) is 11.0 Å². The minimum Gasteiger partial charge on any atom is -0.383 e. The van der Waals surface area contributed by atoms with Crippen LogP contribution in [0.1, 0.15) is 41.7 Å². The number of hydrogen-bond donors (Lipinski definition) is 2. The second-order valence-electron chi connectivity index (χ2n) is 7.95. The lowest BCUT2D eigenvalue weighted by Crippen LogP contribution is -2.39. The zero-order valence-corrected chi connectivity index (χ0v) is 17.2. The van der Waals surface area contributed by atoms with Crippen molar-refractivity contribution in [2.75, 3.05) is 24.1 Å². The zero-order valence-electron chi connectivity index (χ0n) is 17.2. The van der Waals surface area contributed by atoms with Crippen molar-refractivity contribution in [3.8, 4) is 0 Å². The molecule has 0 saturated carbocycles. The van der Waals surface area contributed by atoms with E-state index < -0.39 is 6.43 Å². The number of nitrogens with two attached hydrogens (primary N) is 1. The van der Waals surface area contributed by atoms with Gasteiger partial charge in [-0.1, -0.05) is 24.3 Å². The summed E-state index contributed by atoms with van der Waals surface area (Å²) in [6.07, 6.45) is -0.539. The molecule has 0 bridgehead atoms. The number of likely N-dealkylation sites (tertiary alicyclic amines) is 1. The first-order valence-electron chi connectivity index (χ1n) is 10.2. The highest BCUT2D eigenvalue weighted by molar-refractivity contribution is 5.89. The predicted molar refractivity (Wildman–Crippen MR) is 115 cm³/mol. The first kappa shape index (κ1) is 20.4. The van der Waals surface area contributed by atoms with Gasteiger partial charge in [-0.2, -0.15) is 9.97 Å².